The van der Waals surface area contributed by atoms with Gasteiger partial charge in [0.2, 0.25) is 0 Å². The minimum absolute atomic E-state index is 0.0406. The van der Waals surface area contributed by atoms with Crippen molar-refractivity contribution < 1.29 is 13.5 Å². The van der Waals surface area contributed by atoms with Gasteiger partial charge in [-0.25, -0.2) is 0 Å². The van der Waals surface area contributed by atoms with Gasteiger partial charge in [0.25, 0.3) is 0 Å². The Balaban J connectivity index is 2.34. The number of aliphatic hydroxyl groups excluding tert-OH is 1. The first kappa shape index (κ1) is 16.2. The van der Waals surface area contributed by atoms with Gasteiger partial charge < -0.3 is 5.11 Å². The van der Waals surface area contributed by atoms with Crippen LogP contribution in [0.25, 0.3) is 10.8 Å². The molecule has 0 atom stereocenters. The maximum Gasteiger partial charge on any atom is 0.301 e. The topological polar surface area (TPSA) is 69.6 Å². The zero-order valence-electron chi connectivity index (χ0n) is 11.6. The summed E-state index contributed by atoms with van der Waals surface area (Å²) in [6, 6.07) is 11.1. The molecule has 2 aromatic carbocycles. The van der Waals surface area contributed by atoms with Crippen LogP contribution in [0.3, 0.4) is 0 Å². The highest BCUT2D eigenvalue weighted by Gasteiger charge is 2.18. The Morgan fingerprint density at radius 1 is 1.19 bits per heavy atom. The second-order valence-electron chi connectivity index (χ2n) is 4.65. The van der Waals surface area contributed by atoms with Crippen molar-refractivity contribution in [1.82, 2.24) is 4.31 Å². The highest BCUT2D eigenvalue weighted by molar-refractivity contribution is 9.10. The van der Waals surface area contributed by atoms with Crippen LogP contribution in [0.5, 0.6) is 0 Å². The van der Waals surface area contributed by atoms with E-state index in [2.05, 4.69) is 20.7 Å². The van der Waals surface area contributed by atoms with Crippen molar-refractivity contribution in [3.63, 3.8) is 0 Å². The maximum absolute atomic E-state index is 12.3. The lowest BCUT2D eigenvalue weighted by Gasteiger charge is -2.19. The van der Waals surface area contributed by atoms with Gasteiger partial charge in [-0.3, -0.25) is 4.72 Å². The SMILES string of the molecule is CN(CCCO)S(=O)(=O)Nc1ccc(Br)c2ccccc12. The Morgan fingerprint density at radius 2 is 1.86 bits per heavy atom. The van der Waals surface area contributed by atoms with Crippen LogP contribution in [-0.4, -0.2) is 38.0 Å². The average molecular weight is 373 g/mol. The van der Waals surface area contributed by atoms with E-state index < -0.39 is 10.2 Å². The van der Waals surface area contributed by atoms with Crippen LogP contribution < -0.4 is 4.72 Å². The quantitative estimate of drug-likeness (QED) is 0.818. The number of nitrogens with one attached hydrogen (secondary N) is 1. The predicted molar refractivity (Wildman–Crippen MR) is 88.5 cm³/mol. The number of anilines is 1. The summed E-state index contributed by atoms with van der Waals surface area (Å²) in [5.41, 5.74) is 0.532. The fourth-order valence-electron chi connectivity index (χ4n) is 1.98. The number of hydrogen-bond donors (Lipinski definition) is 2. The molecule has 0 radical (unpaired) electrons. The molecule has 0 saturated carbocycles. The van der Waals surface area contributed by atoms with E-state index in [-0.39, 0.29) is 13.2 Å². The van der Waals surface area contributed by atoms with Crippen molar-refractivity contribution in [2.24, 2.45) is 0 Å². The molecule has 0 heterocycles. The Kier molecular flexibility index (Phi) is 5.21. The summed E-state index contributed by atoms with van der Waals surface area (Å²) < 4.78 is 29.2. The van der Waals surface area contributed by atoms with Crippen LogP contribution in [0.4, 0.5) is 5.69 Å². The van der Waals surface area contributed by atoms with Crippen molar-refractivity contribution in [2.75, 3.05) is 24.9 Å². The van der Waals surface area contributed by atoms with Crippen molar-refractivity contribution in [3.05, 3.63) is 40.9 Å². The summed E-state index contributed by atoms with van der Waals surface area (Å²) in [6.45, 7) is 0.224. The second kappa shape index (κ2) is 6.74. The molecule has 0 aliphatic heterocycles. The van der Waals surface area contributed by atoms with E-state index in [1.165, 1.54) is 11.4 Å². The van der Waals surface area contributed by atoms with E-state index in [9.17, 15) is 8.42 Å². The highest BCUT2D eigenvalue weighted by Crippen LogP contribution is 2.30. The standard InChI is InChI=1S/C14H17BrN2O3S/c1-17(9-4-10-18)21(19,20)16-14-8-7-13(15)11-5-2-3-6-12(11)14/h2-3,5-8,16,18H,4,9-10H2,1H3. The van der Waals surface area contributed by atoms with Gasteiger partial charge in [-0.2, -0.15) is 12.7 Å². The van der Waals surface area contributed by atoms with E-state index in [1.807, 2.05) is 30.3 Å². The highest BCUT2D eigenvalue weighted by atomic mass is 79.9. The first-order valence-electron chi connectivity index (χ1n) is 6.48. The largest absolute Gasteiger partial charge is 0.396 e. The molecule has 0 amide bonds. The first-order valence-corrected chi connectivity index (χ1v) is 8.71. The Hall–Kier alpha value is -1.15. The van der Waals surface area contributed by atoms with Gasteiger partial charge in [0, 0.05) is 30.1 Å². The van der Waals surface area contributed by atoms with Gasteiger partial charge in [-0.05, 0) is 23.9 Å². The Morgan fingerprint density at radius 3 is 2.52 bits per heavy atom. The molecule has 5 nitrogen and oxygen atoms in total. The Bertz CT molecular complexity index is 734. The number of fused-ring (bicyclic) bond motifs is 1. The number of nitrogens with zero attached hydrogens (tertiary/aromatic N) is 1. The molecule has 0 aromatic heterocycles. The van der Waals surface area contributed by atoms with Crippen molar-refractivity contribution in [3.8, 4) is 0 Å². The minimum Gasteiger partial charge on any atom is -0.396 e. The molecule has 21 heavy (non-hydrogen) atoms. The van der Waals surface area contributed by atoms with Crippen molar-refractivity contribution in [2.45, 2.75) is 6.42 Å². The average Bonchev–Trinajstić information content (AvgIpc) is 2.48. The first-order chi connectivity index (χ1) is 9.95. The van der Waals surface area contributed by atoms with E-state index >= 15 is 0 Å². The molecule has 0 fully saturated rings. The molecule has 7 heteroatoms. The maximum atomic E-state index is 12.3. The molecule has 0 spiro atoms. The Labute approximate surface area is 132 Å². The second-order valence-corrected chi connectivity index (χ2v) is 7.28. The van der Waals surface area contributed by atoms with E-state index in [0.717, 1.165) is 15.2 Å². The number of benzene rings is 2. The van der Waals surface area contributed by atoms with Gasteiger partial charge in [-0.1, -0.05) is 40.2 Å². The fourth-order valence-corrected chi connectivity index (χ4v) is 3.44. The van der Waals surface area contributed by atoms with Gasteiger partial charge in [0.15, 0.2) is 0 Å². The summed E-state index contributed by atoms with van der Waals surface area (Å²) >= 11 is 3.46. The van der Waals surface area contributed by atoms with Gasteiger partial charge >= 0.3 is 10.2 Å². The summed E-state index contributed by atoms with van der Waals surface area (Å²) in [4.78, 5) is 0. The summed E-state index contributed by atoms with van der Waals surface area (Å²) in [5.74, 6) is 0. The smallest absolute Gasteiger partial charge is 0.301 e. The summed E-state index contributed by atoms with van der Waals surface area (Å²) in [7, 11) is -2.15. The molecule has 2 N–H and O–H groups in total. The van der Waals surface area contributed by atoms with Gasteiger partial charge in [0.1, 0.15) is 0 Å². The lowest BCUT2D eigenvalue weighted by molar-refractivity contribution is 0.276. The van der Waals surface area contributed by atoms with Crippen LogP contribution in [0.15, 0.2) is 40.9 Å². The third kappa shape index (κ3) is 3.74. The number of aliphatic hydroxyl groups is 1. The lowest BCUT2D eigenvalue weighted by Crippen LogP contribution is -2.33. The molecule has 0 unspecified atom stereocenters. The van der Waals surface area contributed by atoms with Crippen LogP contribution in [0.1, 0.15) is 6.42 Å². The fraction of sp³-hybridized carbons (Fsp3) is 0.286. The molecular formula is C14H17BrN2O3S. The zero-order valence-corrected chi connectivity index (χ0v) is 14.0. The molecule has 0 saturated heterocycles. The van der Waals surface area contributed by atoms with Crippen LogP contribution >= 0.6 is 15.9 Å². The zero-order chi connectivity index (χ0) is 15.5. The van der Waals surface area contributed by atoms with Crippen LogP contribution in [0, 0.1) is 0 Å². The number of halogens is 1. The van der Waals surface area contributed by atoms with E-state index in [4.69, 9.17) is 5.11 Å². The minimum atomic E-state index is -3.63. The molecule has 114 valence electrons. The monoisotopic (exact) mass is 372 g/mol. The molecule has 2 rings (SSSR count). The van der Waals surface area contributed by atoms with Crippen LogP contribution in [0.2, 0.25) is 0 Å². The number of rotatable bonds is 6. The summed E-state index contributed by atoms with van der Waals surface area (Å²) in [6.07, 6.45) is 0.401. The predicted octanol–water partition coefficient (Wildman–Crippen LogP) is 2.57. The summed E-state index contributed by atoms with van der Waals surface area (Å²) in [5, 5.41) is 10.6. The number of hydrogen-bond acceptors (Lipinski definition) is 3. The lowest BCUT2D eigenvalue weighted by atomic mass is 10.1. The van der Waals surface area contributed by atoms with Crippen molar-refractivity contribution in [1.29, 1.82) is 0 Å². The van der Waals surface area contributed by atoms with Gasteiger partial charge in [-0.15, -0.1) is 0 Å². The molecular weight excluding hydrogens is 356 g/mol. The third-order valence-corrected chi connectivity index (χ3v) is 5.32. The molecule has 0 aliphatic rings. The van der Waals surface area contributed by atoms with Crippen molar-refractivity contribution >= 4 is 42.6 Å². The third-order valence-electron chi connectivity index (χ3n) is 3.15. The van der Waals surface area contributed by atoms with Crippen LogP contribution in [-0.2, 0) is 10.2 Å². The molecule has 0 bridgehead atoms. The van der Waals surface area contributed by atoms with E-state index in [0.29, 0.717) is 12.1 Å². The molecule has 2 aromatic rings. The normalized spacial score (nSPS) is 12.0. The molecule has 0 aliphatic carbocycles. The van der Waals surface area contributed by atoms with E-state index in [1.54, 1.807) is 6.07 Å². The van der Waals surface area contributed by atoms with Gasteiger partial charge in [0.05, 0.1) is 5.69 Å².